The van der Waals surface area contributed by atoms with Crippen LogP contribution in [0.3, 0.4) is 0 Å². The zero-order valence-electron chi connectivity index (χ0n) is 16.9. The lowest BCUT2D eigenvalue weighted by molar-refractivity contribution is 0.311. The quantitative estimate of drug-likeness (QED) is 0.336. The first-order valence-electron chi connectivity index (χ1n) is 9.17. The molecule has 0 fully saturated rings. The number of rotatable bonds is 8. The number of unbranched alkanes of at least 4 members (excludes halogenated alkanes) is 1. The van der Waals surface area contributed by atoms with Crippen LogP contribution in [0.25, 0.3) is 11.1 Å². The topological polar surface area (TPSA) is 51.6 Å². The Bertz CT molecular complexity index is 889. The number of halogens is 1. The molecule has 0 saturated carbocycles. The van der Waals surface area contributed by atoms with E-state index < -0.39 is 15.7 Å². The molecule has 1 aromatic heterocycles. The highest BCUT2D eigenvalue weighted by Crippen LogP contribution is 2.34. The van der Waals surface area contributed by atoms with E-state index in [1.807, 2.05) is 39.8 Å². The van der Waals surface area contributed by atoms with Crippen LogP contribution in [0.1, 0.15) is 44.7 Å². The predicted octanol–water partition coefficient (Wildman–Crippen LogP) is 5.42. The van der Waals surface area contributed by atoms with E-state index in [0.29, 0.717) is 12.4 Å². The Morgan fingerprint density at radius 1 is 1.29 bits per heavy atom. The first-order chi connectivity index (χ1) is 13.2. The summed E-state index contributed by atoms with van der Waals surface area (Å²) < 4.78 is 35.6. The van der Waals surface area contributed by atoms with Crippen molar-refractivity contribution in [2.24, 2.45) is 4.40 Å². The van der Waals surface area contributed by atoms with Crippen molar-refractivity contribution in [3.05, 3.63) is 60.2 Å². The highest BCUT2D eigenvalue weighted by Gasteiger charge is 2.18. The molecule has 150 valence electrons. The number of pyridine rings is 1. The van der Waals surface area contributed by atoms with Gasteiger partial charge in [-0.3, -0.25) is 4.98 Å². The molecule has 0 unspecified atom stereocenters. The van der Waals surface area contributed by atoms with E-state index >= 15 is 0 Å². The van der Waals surface area contributed by atoms with E-state index in [0.717, 1.165) is 35.1 Å². The van der Waals surface area contributed by atoms with Gasteiger partial charge >= 0.3 is 0 Å². The van der Waals surface area contributed by atoms with Crippen molar-refractivity contribution in [2.75, 3.05) is 6.61 Å². The summed E-state index contributed by atoms with van der Waals surface area (Å²) in [5, 5.41) is 0. The standard InChI is InChI=1S/C22H27FN2O2S/c1-6-7-8-9-27-20-12-19(23)10-16(2)21(20)18-11-17(13-24-15-18)14-25-28(26)22(3,4)5/h6,10-15H,1,7-9H2,2-5H3/b25-14+/t28-/m1/s1. The van der Waals surface area contributed by atoms with Gasteiger partial charge in [0.15, 0.2) is 0 Å². The van der Waals surface area contributed by atoms with Crippen LogP contribution in [0, 0.1) is 12.7 Å². The van der Waals surface area contributed by atoms with Crippen molar-refractivity contribution in [3.8, 4) is 16.9 Å². The molecule has 0 saturated heterocycles. The maximum atomic E-state index is 13.9. The van der Waals surface area contributed by atoms with Crippen LogP contribution in [0.4, 0.5) is 4.39 Å². The van der Waals surface area contributed by atoms with Crippen molar-refractivity contribution >= 4 is 17.2 Å². The highest BCUT2D eigenvalue weighted by molar-refractivity contribution is 7.85. The molecular formula is C22H27FN2O2S. The first kappa shape index (κ1) is 22.0. The summed E-state index contributed by atoms with van der Waals surface area (Å²) in [6.45, 7) is 11.6. The molecule has 0 aliphatic rings. The first-order valence-corrected chi connectivity index (χ1v) is 10.3. The van der Waals surface area contributed by atoms with Gasteiger partial charge in [0.25, 0.3) is 0 Å². The maximum absolute atomic E-state index is 13.9. The zero-order valence-corrected chi connectivity index (χ0v) is 17.7. The Kier molecular flexibility index (Phi) is 7.63. The molecule has 1 atom stereocenters. The van der Waals surface area contributed by atoms with Gasteiger partial charge in [0, 0.05) is 41.4 Å². The molecule has 1 heterocycles. The van der Waals surface area contributed by atoms with Crippen LogP contribution in [-0.4, -0.2) is 26.8 Å². The van der Waals surface area contributed by atoms with E-state index in [1.54, 1.807) is 18.6 Å². The number of nitrogens with zero attached hydrogens (tertiary/aromatic N) is 2. The maximum Gasteiger partial charge on any atom is 0.144 e. The molecule has 2 aromatic rings. The minimum absolute atomic E-state index is 0.341. The fourth-order valence-electron chi connectivity index (χ4n) is 2.54. The molecular weight excluding hydrogens is 375 g/mol. The van der Waals surface area contributed by atoms with Gasteiger partial charge < -0.3 is 4.74 Å². The number of hydrogen-bond acceptors (Lipinski definition) is 3. The molecule has 0 amide bonds. The summed E-state index contributed by atoms with van der Waals surface area (Å²) >= 11 is 0. The second kappa shape index (κ2) is 9.73. The minimum Gasteiger partial charge on any atom is -0.493 e. The third-order valence-corrected chi connectivity index (χ3v) is 5.29. The lowest BCUT2D eigenvalue weighted by Crippen LogP contribution is -2.19. The average molecular weight is 403 g/mol. The van der Waals surface area contributed by atoms with Crippen LogP contribution in [0.5, 0.6) is 5.75 Å². The molecule has 0 radical (unpaired) electrons. The van der Waals surface area contributed by atoms with Gasteiger partial charge in [0.05, 0.1) is 11.4 Å². The van der Waals surface area contributed by atoms with Gasteiger partial charge in [-0.05, 0) is 58.2 Å². The van der Waals surface area contributed by atoms with E-state index in [4.69, 9.17) is 4.74 Å². The predicted molar refractivity (Wildman–Crippen MR) is 115 cm³/mol. The Balaban J connectivity index is 2.35. The van der Waals surface area contributed by atoms with Gasteiger partial charge in [-0.15, -0.1) is 6.58 Å². The minimum atomic E-state index is -1.35. The van der Waals surface area contributed by atoms with Crippen LogP contribution < -0.4 is 4.74 Å². The van der Waals surface area contributed by atoms with Gasteiger partial charge in [-0.1, -0.05) is 6.08 Å². The Morgan fingerprint density at radius 2 is 2.04 bits per heavy atom. The zero-order chi connectivity index (χ0) is 20.7. The van der Waals surface area contributed by atoms with E-state index in [9.17, 15) is 8.60 Å². The molecule has 6 heteroatoms. The average Bonchev–Trinajstić information content (AvgIpc) is 2.62. The summed E-state index contributed by atoms with van der Waals surface area (Å²) in [5.41, 5.74) is 3.06. The Morgan fingerprint density at radius 3 is 2.71 bits per heavy atom. The normalized spacial score (nSPS) is 12.9. The number of hydrogen-bond donors (Lipinski definition) is 0. The molecule has 4 nitrogen and oxygen atoms in total. The van der Waals surface area contributed by atoms with Crippen LogP contribution in [0.2, 0.25) is 0 Å². The monoisotopic (exact) mass is 402 g/mol. The van der Waals surface area contributed by atoms with Crippen molar-refractivity contribution in [3.63, 3.8) is 0 Å². The molecule has 0 N–H and O–H groups in total. The lowest BCUT2D eigenvalue weighted by atomic mass is 9.99. The molecule has 0 aliphatic heterocycles. The second-order valence-corrected chi connectivity index (χ2v) is 9.41. The van der Waals surface area contributed by atoms with Gasteiger partial charge in [0.1, 0.15) is 22.6 Å². The summed E-state index contributed by atoms with van der Waals surface area (Å²) in [7, 11) is -1.35. The van der Waals surface area contributed by atoms with Gasteiger partial charge in [0.2, 0.25) is 0 Å². The number of allylic oxidation sites excluding steroid dienone is 1. The molecule has 0 aliphatic carbocycles. The molecule has 0 bridgehead atoms. The van der Waals surface area contributed by atoms with Crippen molar-refractivity contribution in [1.82, 2.24) is 4.98 Å². The van der Waals surface area contributed by atoms with E-state index in [-0.39, 0.29) is 5.82 Å². The third kappa shape index (κ3) is 6.09. The Hall–Kier alpha value is -2.34. The van der Waals surface area contributed by atoms with Crippen molar-refractivity contribution in [1.29, 1.82) is 0 Å². The third-order valence-electron chi connectivity index (χ3n) is 3.94. The molecule has 0 spiro atoms. The molecule has 28 heavy (non-hydrogen) atoms. The molecule has 1 aromatic carbocycles. The van der Waals surface area contributed by atoms with Crippen LogP contribution in [-0.2, 0) is 11.0 Å². The van der Waals surface area contributed by atoms with E-state index in [1.165, 1.54) is 12.1 Å². The number of ether oxygens (including phenoxy) is 1. The number of aromatic nitrogens is 1. The fraction of sp³-hybridized carbons (Fsp3) is 0.364. The second-order valence-electron chi connectivity index (χ2n) is 7.48. The van der Waals surface area contributed by atoms with E-state index in [2.05, 4.69) is 16.0 Å². The summed E-state index contributed by atoms with van der Waals surface area (Å²) in [5.74, 6) is 0.141. The molecule has 2 rings (SSSR count). The summed E-state index contributed by atoms with van der Waals surface area (Å²) in [6, 6.07) is 4.75. The SMILES string of the molecule is C=CCCCOc1cc(F)cc(C)c1-c1cncc(/C=N/[S@](=O)C(C)(C)C)c1. The summed E-state index contributed by atoms with van der Waals surface area (Å²) in [6.07, 6.45) is 8.38. The van der Waals surface area contributed by atoms with Gasteiger partial charge in [-0.25, -0.2) is 8.60 Å². The van der Waals surface area contributed by atoms with Gasteiger partial charge in [-0.2, -0.15) is 4.40 Å². The van der Waals surface area contributed by atoms with Crippen LogP contribution >= 0.6 is 0 Å². The number of benzene rings is 1. The highest BCUT2D eigenvalue weighted by atomic mass is 32.2. The lowest BCUT2D eigenvalue weighted by Gasteiger charge is -2.15. The van der Waals surface area contributed by atoms with Crippen molar-refractivity contribution in [2.45, 2.75) is 45.3 Å². The smallest absolute Gasteiger partial charge is 0.144 e. The summed E-state index contributed by atoms with van der Waals surface area (Å²) in [4.78, 5) is 4.26. The fourth-order valence-corrected chi connectivity index (χ4v) is 3.07. The Labute approximate surface area is 169 Å². The van der Waals surface area contributed by atoms with Crippen molar-refractivity contribution < 1.29 is 13.3 Å². The largest absolute Gasteiger partial charge is 0.493 e. The number of aryl methyl sites for hydroxylation is 1. The van der Waals surface area contributed by atoms with Crippen LogP contribution in [0.15, 0.2) is 47.6 Å².